The molecule has 0 aliphatic heterocycles. The van der Waals surface area contributed by atoms with Crippen LogP contribution in [0.5, 0.6) is 0 Å². The van der Waals surface area contributed by atoms with Gasteiger partial charge in [0.05, 0.1) is 5.41 Å². The molecule has 2 aromatic rings. The largest absolute Gasteiger partial charge is 0.325 e. The van der Waals surface area contributed by atoms with Crippen LogP contribution < -0.4 is 5.32 Å². The molecular formula is C18H20BrNO. The Bertz CT molecular complexity index is 635. The topological polar surface area (TPSA) is 29.1 Å². The minimum absolute atomic E-state index is 0.00530. The molecule has 0 atom stereocenters. The highest BCUT2D eigenvalue weighted by Crippen LogP contribution is 2.27. The highest BCUT2D eigenvalue weighted by molar-refractivity contribution is 9.10. The molecule has 0 fully saturated rings. The van der Waals surface area contributed by atoms with E-state index in [2.05, 4.69) is 28.2 Å². The van der Waals surface area contributed by atoms with E-state index >= 15 is 0 Å². The van der Waals surface area contributed by atoms with Crippen LogP contribution in [0.3, 0.4) is 0 Å². The number of halogens is 1. The van der Waals surface area contributed by atoms with E-state index in [-0.39, 0.29) is 5.91 Å². The van der Waals surface area contributed by atoms with Crippen LogP contribution in [0.2, 0.25) is 0 Å². The minimum Gasteiger partial charge on any atom is -0.325 e. The predicted molar refractivity (Wildman–Crippen MR) is 91.6 cm³/mol. The van der Waals surface area contributed by atoms with E-state index in [4.69, 9.17) is 0 Å². The lowest BCUT2D eigenvalue weighted by atomic mass is 9.83. The van der Waals surface area contributed by atoms with Gasteiger partial charge in [-0.25, -0.2) is 0 Å². The molecule has 0 aliphatic rings. The van der Waals surface area contributed by atoms with Crippen LogP contribution in [0.25, 0.3) is 0 Å². The van der Waals surface area contributed by atoms with Crippen molar-refractivity contribution in [1.82, 2.24) is 0 Å². The summed E-state index contributed by atoms with van der Waals surface area (Å²) in [6, 6.07) is 15.8. The van der Waals surface area contributed by atoms with E-state index in [1.165, 1.54) is 0 Å². The Hall–Kier alpha value is -1.61. The van der Waals surface area contributed by atoms with Crippen LogP contribution in [0, 0.1) is 0 Å². The van der Waals surface area contributed by atoms with E-state index in [0.717, 1.165) is 27.7 Å². The molecular weight excluding hydrogens is 326 g/mol. The fraction of sp³-hybridized carbons (Fsp3) is 0.278. The Kier molecular flexibility index (Phi) is 4.84. The first-order chi connectivity index (χ1) is 9.95. The SMILES string of the molecule is CCc1cc(Br)ccc1NC(=O)C(C)(C)c1ccccc1. The molecule has 110 valence electrons. The van der Waals surface area contributed by atoms with Crippen LogP contribution in [0.1, 0.15) is 31.9 Å². The molecule has 3 heteroatoms. The first-order valence-corrected chi connectivity index (χ1v) is 7.90. The first-order valence-electron chi connectivity index (χ1n) is 7.10. The zero-order valence-electron chi connectivity index (χ0n) is 12.6. The highest BCUT2D eigenvalue weighted by atomic mass is 79.9. The third kappa shape index (κ3) is 3.53. The van der Waals surface area contributed by atoms with Crippen LogP contribution >= 0.6 is 15.9 Å². The molecule has 1 N–H and O–H groups in total. The zero-order valence-corrected chi connectivity index (χ0v) is 14.2. The van der Waals surface area contributed by atoms with Gasteiger partial charge in [0, 0.05) is 10.2 Å². The Morgan fingerprint density at radius 2 is 1.81 bits per heavy atom. The molecule has 2 nitrogen and oxygen atoms in total. The summed E-state index contributed by atoms with van der Waals surface area (Å²) in [4.78, 5) is 12.7. The van der Waals surface area contributed by atoms with Gasteiger partial charge >= 0.3 is 0 Å². The third-order valence-corrected chi connectivity index (χ3v) is 4.25. The van der Waals surface area contributed by atoms with Gasteiger partial charge in [0.1, 0.15) is 0 Å². The van der Waals surface area contributed by atoms with Crippen molar-refractivity contribution in [3.63, 3.8) is 0 Å². The number of aryl methyl sites for hydroxylation is 1. The maximum absolute atomic E-state index is 12.7. The van der Waals surface area contributed by atoms with Crippen LogP contribution in [-0.4, -0.2) is 5.91 Å². The number of anilines is 1. The predicted octanol–water partition coefficient (Wildman–Crippen LogP) is 4.93. The van der Waals surface area contributed by atoms with Gasteiger partial charge in [-0.1, -0.05) is 53.2 Å². The molecule has 0 aromatic heterocycles. The maximum Gasteiger partial charge on any atom is 0.234 e. The van der Waals surface area contributed by atoms with E-state index < -0.39 is 5.41 Å². The second kappa shape index (κ2) is 6.44. The molecule has 0 unspecified atom stereocenters. The average Bonchev–Trinajstić information content (AvgIpc) is 2.49. The Balaban J connectivity index is 2.26. The summed E-state index contributed by atoms with van der Waals surface area (Å²) < 4.78 is 1.03. The van der Waals surface area contributed by atoms with E-state index in [1.54, 1.807) is 0 Å². The maximum atomic E-state index is 12.7. The Labute approximate surface area is 134 Å². The fourth-order valence-corrected chi connectivity index (χ4v) is 2.65. The van der Waals surface area contributed by atoms with E-state index in [9.17, 15) is 4.79 Å². The van der Waals surface area contributed by atoms with Crippen LogP contribution in [-0.2, 0) is 16.6 Å². The van der Waals surface area contributed by atoms with Gasteiger partial charge in [-0.15, -0.1) is 0 Å². The van der Waals surface area contributed by atoms with Gasteiger partial charge in [-0.2, -0.15) is 0 Å². The molecule has 21 heavy (non-hydrogen) atoms. The molecule has 0 radical (unpaired) electrons. The van der Waals surface area contributed by atoms with Gasteiger partial charge in [0.25, 0.3) is 0 Å². The standard InChI is InChI=1S/C18H20BrNO/c1-4-13-12-15(19)10-11-16(13)20-17(21)18(2,3)14-8-6-5-7-9-14/h5-12H,4H2,1-3H3,(H,20,21). The van der Waals surface area contributed by atoms with Crippen molar-refractivity contribution in [2.45, 2.75) is 32.6 Å². The van der Waals surface area contributed by atoms with Crippen LogP contribution in [0.15, 0.2) is 53.0 Å². The number of rotatable bonds is 4. The zero-order chi connectivity index (χ0) is 15.5. The lowest BCUT2D eigenvalue weighted by molar-refractivity contribution is -0.120. The highest BCUT2D eigenvalue weighted by Gasteiger charge is 2.29. The smallest absolute Gasteiger partial charge is 0.234 e. The molecule has 2 rings (SSSR count). The Morgan fingerprint density at radius 1 is 1.14 bits per heavy atom. The summed E-state index contributed by atoms with van der Waals surface area (Å²) in [6.45, 7) is 5.98. The van der Waals surface area contributed by atoms with Crippen molar-refractivity contribution in [1.29, 1.82) is 0 Å². The molecule has 0 bridgehead atoms. The lowest BCUT2D eigenvalue weighted by Gasteiger charge is -2.25. The van der Waals surface area contributed by atoms with Gasteiger partial charge in [0.2, 0.25) is 5.91 Å². The summed E-state index contributed by atoms with van der Waals surface area (Å²) >= 11 is 3.47. The van der Waals surface area contributed by atoms with Crippen molar-refractivity contribution in [3.8, 4) is 0 Å². The lowest BCUT2D eigenvalue weighted by Crippen LogP contribution is -2.34. The van der Waals surface area contributed by atoms with Crippen molar-refractivity contribution in [2.75, 3.05) is 5.32 Å². The summed E-state index contributed by atoms with van der Waals surface area (Å²) in [5, 5.41) is 3.07. The summed E-state index contributed by atoms with van der Waals surface area (Å²) in [7, 11) is 0. The molecule has 1 amide bonds. The quantitative estimate of drug-likeness (QED) is 0.836. The molecule has 0 spiro atoms. The van der Waals surface area contributed by atoms with Gasteiger partial charge in [0.15, 0.2) is 0 Å². The number of amides is 1. The number of benzene rings is 2. The van der Waals surface area contributed by atoms with Gasteiger partial charge in [-0.05, 0) is 49.6 Å². The average molecular weight is 346 g/mol. The van der Waals surface area contributed by atoms with Crippen molar-refractivity contribution >= 4 is 27.5 Å². The summed E-state index contributed by atoms with van der Waals surface area (Å²) in [5.74, 6) is 0.00530. The van der Waals surface area contributed by atoms with Crippen molar-refractivity contribution < 1.29 is 4.79 Å². The van der Waals surface area contributed by atoms with Crippen molar-refractivity contribution in [2.24, 2.45) is 0 Å². The van der Waals surface area contributed by atoms with E-state index in [0.29, 0.717) is 0 Å². The molecule has 0 aliphatic carbocycles. The number of carbonyl (C=O) groups is 1. The van der Waals surface area contributed by atoms with E-state index in [1.807, 2.05) is 62.4 Å². The Morgan fingerprint density at radius 3 is 2.43 bits per heavy atom. The molecule has 0 saturated heterocycles. The van der Waals surface area contributed by atoms with Gasteiger partial charge < -0.3 is 5.32 Å². The van der Waals surface area contributed by atoms with Crippen LogP contribution in [0.4, 0.5) is 5.69 Å². The molecule has 2 aromatic carbocycles. The number of nitrogens with one attached hydrogen (secondary N) is 1. The molecule has 0 saturated carbocycles. The first kappa shape index (κ1) is 15.8. The van der Waals surface area contributed by atoms with Crippen molar-refractivity contribution in [3.05, 3.63) is 64.1 Å². The second-order valence-corrected chi connectivity index (χ2v) is 6.52. The molecule has 0 heterocycles. The monoisotopic (exact) mass is 345 g/mol. The minimum atomic E-state index is -0.570. The summed E-state index contributed by atoms with van der Waals surface area (Å²) in [5.41, 5.74) is 2.45. The second-order valence-electron chi connectivity index (χ2n) is 5.60. The fourth-order valence-electron chi connectivity index (χ4n) is 2.24. The normalized spacial score (nSPS) is 11.2. The number of carbonyl (C=O) groups excluding carboxylic acids is 1. The third-order valence-electron chi connectivity index (χ3n) is 3.76. The summed E-state index contributed by atoms with van der Waals surface area (Å²) in [6.07, 6.45) is 0.876. The van der Waals surface area contributed by atoms with Gasteiger partial charge in [-0.3, -0.25) is 4.79 Å². The number of hydrogen-bond acceptors (Lipinski definition) is 1. The number of hydrogen-bond donors (Lipinski definition) is 1.